The van der Waals surface area contributed by atoms with Gasteiger partial charge in [-0.15, -0.1) is 0 Å². The first kappa shape index (κ1) is 21.7. The molecule has 7 heteroatoms. The summed E-state index contributed by atoms with van der Waals surface area (Å²) in [7, 11) is 5.06. The Balaban J connectivity index is 1.54. The maximum absolute atomic E-state index is 13.7. The van der Waals surface area contributed by atoms with Gasteiger partial charge in [-0.2, -0.15) is 0 Å². The molecule has 0 aliphatic carbocycles. The summed E-state index contributed by atoms with van der Waals surface area (Å²) in [5.74, 6) is 0.219. The van der Waals surface area contributed by atoms with E-state index in [0.29, 0.717) is 53.3 Å². The Morgan fingerprint density at radius 2 is 1.65 bits per heavy atom. The van der Waals surface area contributed by atoms with Gasteiger partial charge in [0.15, 0.2) is 11.5 Å². The van der Waals surface area contributed by atoms with Crippen LogP contribution in [0, 0.1) is 0 Å². The lowest BCUT2D eigenvalue weighted by molar-refractivity contribution is -0.127. The van der Waals surface area contributed by atoms with Crippen molar-refractivity contribution in [3.63, 3.8) is 0 Å². The highest BCUT2D eigenvalue weighted by Gasteiger charge is 2.32. The molecule has 0 saturated heterocycles. The molecule has 3 heterocycles. The van der Waals surface area contributed by atoms with Gasteiger partial charge in [-0.3, -0.25) is 9.59 Å². The highest BCUT2D eigenvalue weighted by atomic mass is 16.5. The molecule has 0 fully saturated rings. The second-order valence-corrected chi connectivity index (χ2v) is 8.30. The van der Waals surface area contributed by atoms with Gasteiger partial charge in [0.25, 0.3) is 11.7 Å². The van der Waals surface area contributed by atoms with Gasteiger partial charge in [0, 0.05) is 31.7 Å². The van der Waals surface area contributed by atoms with Crippen LogP contribution in [0.4, 0.5) is 0 Å². The fraction of sp³-hybridized carbons (Fsp3) is 0.222. The first-order chi connectivity index (χ1) is 16.5. The Bertz CT molecular complexity index is 1410. The molecule has 0 atom stereocenters. The van der Waals surface area contributed by atoms with Gasteiger partial charge in [-0.25, -0.2) is 4.98 Å². The Hall–Kier alpha value is -4.13. The monoisotopic (exact) mass is 455 g/mol. The van der Waals surface area contributed by atoms with Crippen molar-refractivity contribution >= 4 is 22.7 Å². The molecule has 0 N–H and O–H groups in total. The number of Topliss-reactive ketones (excluding diaryl/α,β-unsaturated/α-hetero) is 1. The molecule has 1 aliphatic rings. The predicted octanol–water partition coefficient (Wildman–Crippen LogP) is 4.03. The highest BCUT2D eigenvalue weighted by Crippen LogP contribution is 2.35. The normalized spacial score (nSPS) is 13.0. The predicted molar refractivity (Wildman–Crippen MR) is 129 cm³/mol. The van der Waals surface area contributed by atoms with E-state index in [4.69, 9.17) is 9.47 Å². The summed E-state index contributed by atoms with van der Waals surface area (Å²) in [5.41, 5.74) is 4.65. The zero-order valence-electron chi connectivity index (χ0n) is 19.4. The lowest BCUT2D eigenvalue weighted by Crippen LogP contribution is -2.40. The quantitative estimate of drug-likeness (QED) is 0.336. The summed E-state index contributed by atoms with van der Waals surface area (Å²) >= 11 is 0. The molecule has 1 amide bonds. The zero-order chi connectivity index (χ0) is 23.8. The van der Waals surface area contributed by atoms with Crippen LogP contribution in [0.25, 0.3) is 22.3 Å². The number of ketones is 1. The van der Waals surface area contributed by atoms with Gasteiger partial charge in [-0.1, -0.05) is 30.3 Å². The van der Waals surface area contributed by atoms with E-state index >= 15 is 0 Å². The number of ether oxygens (including phenoxy) is 2. The van der Waals surface area contributed by atoms with E-state index in [0.717, 1.165) is 16.7 Å². The molecule has 0 unspecified atom stereocenters. The van der Waals surface area contributed by atoms with E-state index in [1.165, 1.54) is 0 Å². The molecule has 0 radical (unpaired) electrons. The van der Waals surface area contributed by atoms with Crippen LogP contribution in [0.5, 0.6) is 11.5 Å². The molecule has 5 rings (SSSR count). The van der Waals surface area contributed by atoms with E-state index in [-0.39, 0.29) is 0 Å². The number of rotatable bonds is 5. The average Bonchev–Trinajstić information content (AvgIpc) is 3.19. The molecule has 7 nitrogen and oxygen atoms in total. The Kier molecular flexibility index (Phi) is 5.53. The second-order valence-electron chi connectivity index (χ2n) is 8.30. The number of carbonyl (C=O) groups excluding carboxylic acids is 2. The molecule has 172 valence electrons. The fourth-order valence-corrected chi connectivity index (χ4v) is 4.73. The molecule has 0 bridgehead atoms. The van der Waals surface area contributed by atoms with Gasteiger partial charge in [0.1, 0.15) is 5.65 Å². The van der Waals surface area contributed by atoms with Crippen LogP contribution in [0.3, 0.4) is 0 Å². The third kappa shape index (κ3) is 3.50. The van der Waals surface area contributed by atoms with E-state index in [2.05, 4.69) is 4.98 Å². The Labute approximate surface area is 197 Å². The maximum Gasteiger partial charge on any atom is 0.295 e. The first-order valence-electron chi connectivity index (χ1n) is 11.1. The van der Waals surface area contributed by atoms with E-state index in [9.17, 15) is 9.59 Å². The van der Waals surface area contributed by atoms with Crippen molar-refractivity contribution in [1.82, 2.24) is 14.5 Å². The van der Waals surface area contributed by atoms with Crippen molar-refractivity contribution < 1.29 is 19.1 Å². The fourth-order valence-electron chi connectivity index (χ4n) is 4.73. The van der Waals surface area contributed by atoms with Crippen LogP contribution in [0.2, 0.25) is 0 Å². The van der Waals surface area contributed by atoms with Gasteiger partial charge in [-0.05, 0) is 47.4 Å². The number of methoxy groups -OCH3 is 2. The third-order valence-corrected chi connectivity index (χ3v) is 6.42. The van der Waals surface area contributed by atoms with Crippen LogP contribution >= 0.6 is 0 Å². The SMILES string of the molecule is COc1cc2c(cc1OC)CN(C(=O)C(=O)c1c(-c3ccccc3)n(C)c3ncccc13)CC2. The number of benzene rings is 2. The van der Waals surface area contributed by atoms with Crippen molar-refractivity contribution in [3.8, 4) is 22.8 Å². The largest absolute Gasteiger partial charge is 0.493 e. The lowest BCUT2D eigenvalue weighted by atomic mass is 9.97. The first-order valence-corrected chi connectivity index (χ1v) is 11.1. The number of fused-ring (bicyclic) bond motifs is 2. The molecular weight excluding hydrogens is 430 g/mol. The van der Waals surface area contributed by atoms with Gasteiger partial charge in [0.2, 0.25) is 0 Å². The molecule has 4 aromatic rings. The number of hydrogen-bond donors (Lipinski definition) is 0. The molecule has 2 aromatic carbocycles. The molecule has 1 aliphatic heterocycles. The summed E-state index contributed by atoms with van der Waals surface area (Å²) in [6, 6.07) is 17.1. The van der Waals surface area contributed by atoms with Gasteiger partial charge < -0.3 is 18.9 Å². The van der Waals surface area contributed by atoms with Crippen LogP contribution in [0.15, 0.2) is 60.8 Å². The number of pyridine rings is 1. The van der Waals surface area contributed by atoms with Crippen molar-refractivity contribution in [2.45, 2.75) is 13.0 Å². The summed E-state index contributed by atoms with van der Waals surface area (Å²) < 4.78 is 12.7. The number of nitrogens with zero attached hydrogens (tertiary/aromatic N) is 3. The summed E-state index contributed by atoms with van der Waals surface area (Å²) in [6.45, 7) is 0.792. The van der Waals surface area contributed by atoms with Crippen LogP contribution in [0.1, 0.15) is 21.5 Å². The molecule has 2 aromatic heterocycles. The summed E-state index contributed by atoms with van der Waals surface area (Å²) in [4.78, 5) is 33.3. The molecule has 34 heavy (non-hydrogen) atoms. The number of aryl methyl sites for hydroxylation is 1. The lowest BCUT2D eigenvalue weighted by Gasteiger charge is -2.29. The van der Waals surface area contributed by atoms with Crippen molar-refractivity contribution in [1.29, 1.82) is 0 Å². The number of hydrogen-bond acceptors (Lipinski definition) is 5. The second kappa shape index (κ2) is 8.67. The van der Waals surface area contributed by atoms with E-state index in [1.807, 2.05) is 60.1 Å². The standard InChI is InChI=1S/C27H25N3O4/c1-29-24(17-8-5-4-6-9-17)23(20-10-7-12-28-26(20)29)25(31)27(32)30-13-11-18-14-21(33-2)22(34-3)15-19(18)16-30/h4-10,12,14-15H,11,13,16H2,1-3H3. The van der Waals surface area contributed by atoms with Crippen LogP contribution < -0.4 is 9.47 Å². The van der Waals surface area contributed by atoms with Crippen molar-refractivity contribution in [2.75, 3.05) is 20.8 Å². The third-order valence-electron chi connectivity index (χ3n) is 6.42. The van der Waals surface area contributed by atoms with Crippen LogP contribution in [-0.2, 0) is 24.8 Å². The van der Waals surface area contributed by atoms with E-state index in [1.54, 1.807) is 31.4 Å². The Morgan fingerprint density at radius 3 is 2.35 bits per heavy atom. The molecular formula is C27H25N3O4. The van der Waals surface area contributed by atoms with Gasteiger partial charge in [0.05, 0.1) is 25.5 Å². The summed E-state index contributed by atoms with van der Waals surface area (Å²) in [6.07, 6.45) is 2.33. The summed E-state index contributed by atoms with van der Waals surface area (Å²) in [5, 5.41) is 0.672. The molecule has 0 saturated carbocycles. The van der Waals surface area contributed by atoms with Crippen molar-refractivity contribution in [2.24, 2.45) is 7.05 Å². The van der Waals surface area contributed by atoms with Crippen molar-refractivity contribution in [3.05, 3.63) is 77.5 Å². The zero-order valence-corrected chi connectivity index (χ0v) is 19.4. The van der Waals surface area contributed by atoms with Gasteiger partial charge >= 0.3 is 0 Å². The van der Waals surface area contributed by atoms with E-state index < -0.39 is 11.7 Å². The maximum atomic E-state index is 13.7. The smallest absolute Gasteiger partial charge is 0.295 e. The number of aromatic nitrogens is 2. The number of amides is 1. The minimum Gasteiger partial charge on any atom is -0.493 e. The topological polar surface area (TPSA) is 73.7 Å². The average molecular weight is 456 g/mol. The number of carbonyl (C=O) groups is 2. The molecule has 0 spiro atoms. The van der Waals surface area contributed by atoms with Crippen LogP contribution in [-0.4, -0.2) is 46.9 Å². The minimum atomic E-state index is -0.527. The highest BCUT2D eigenvalue weighted by molar-refractivity contribution is 6.46. The minimum absolute atomic E-state index is 0.337. The Morgan fingerprint density at radius 1 is 0.941 bits per heavy atom.